The third-order valence-corrected chi connectivity index (χ3v) is 5.92. The number of hydrogen-bond acceptors (Lipinski definition) is 6. The minimum atomic E-state index is -3.61. The zero-order chi connectivity index (χ0) is 12.9. The Hall–Kier alpha value is -0.220. The Kier molecular flexibility index (Phi) is 5.32. The third kappa shape index (κ3) is 4.88. The molecule has 0 unspecified atom stereocenters. The smallest absolute Gasteiger partial charge is 0.236 e. The van der Waals surface area contributed by atoms with Gasteiger partial charge in [-0.3, -0.25) is 4.84 Å². The van der Waals surface area contributed by atoms with Crippen molar-refractivity contribution in [3.05, 3.63) is 0 Å². The van der Waals surface area contributed by atoms with Gasteiger partial charge in [-0.2, -0.15) is 0 Å². The third-order valence-electron chi connectivity index (χ3n) is 2.51. The van der Waals surface area contributed by atoms with E-state index in [1.807, 2.05) is 4.89 Å². The molecule has 0 aromatic carbocycles. The molecule has 0 saturated carbocycles. The van der Waals surface area contributed by atoms with Crippen LogP contribution in [0.5, 0.6) is 0 Å². The summed E-state index contributed by atoms with van der Waals surface area (Å²) in [6.45, 7) is 0.391. The number of ether oxygens (including phenoxy) is 1. The summed E-state index contributed by atoms with van der Waals surface area (Å²) < 4.78 is 50.4. The van der Waals surface area contributed by atoms with Crippen molar-refractivity contribution < 1.29 is 26.4 Å². The zero-order valence-corrected chi connectivity index (χ0v) is 11.2. The van der Waals surface area contributed by atoms with Crippen molar-refractivity contribution >= 4 is 19.9 Å². The van der Waals surface area contributed by atoms with Gasteiger partial charge in [-0.05, 0) is 12.8 Å². The molecular weight excluding hydrogens is 270 g/mol. The number of sulfonamides is 1. The average molecular weight is 287 g/mol. The standard InChI is InChI=1S/C8H17NO6S2/c1-14-4-5-15-9-17(12,13)8-2-6-16(10,11)7-3-8/h8-9H,2-7H2,1H3. The highest BCUT2D eigenvalue weighted by atomic mass is 32.2. The molecule has 17 heavy (non-hydrogen) atoms. The van der Waals surface area contributed by atoms with Crippen LogP contribution in [0.2, 0.25) is 0 Å². The van der Waals surface area contributed by atoms with Gasteiger partial charge in [-0.25, -0.2) is 16.8 Å². The molecule has 0 bridgehead atoms. The van der Waals surface area contributed by atoms with Crippen molar-refractivity contribution in [3.63, 3.8) is 0 Å². The maximum atomic E-state index is 11.7. The summed E-state index contributed by atoms with van der Waals surface area (Å²) in [7, 11) is -5.19. The number of sulfone groups is 1. The average Bonchev–Trinajstić information content (AvgIpc) is 2.24. The van der Waals surface area contributed by atoms with Gasteiger partial charge in [-0.15, -0.1) is 0 Å². The van der Waals surface area contributed by atoms with Crippen LogP contribution in [0.1, 0.15) is 12.8 Å². The Morgan fingerprint density at radius 3 is 2.35 bits per heavy atom. The summed E-state index contributed by atoms with van der Waals surface area (Å²) in [6.07, 6.45) is 0.233. The zero-order valence-electron chi connectivity index (χ0n) is 9.59. The van der Waals surface area contributed by atoms with Crippen molar-refractivity contribution in [2.24, 2.45) is 0 Å². The molecule has 1 rings (SSSR count). The summed E-state index contributed by atoms with van der Waals surface area (Å²) in [6, 6.07) is 0. The van der Waals surface area contributed by atoms with Gasteiger partial charge < -0.3 is 4.74 Å². The van der Waals surface area contributed by atoms with Gasteiger partial charge in [-0.1, -0.05) is 4.89 Å². The van der Waals surface area contributed by atoms with Crippen molar-refractivity contribution in [1.82, 2.24) is 4.89 Å². The first-order chi connectivity index (χ1) is 7.87. The van der Waals surface area contributed by atoms with Gasteiger partial charge in [0.25, 0.3) is 0 Å². The van der Waals surface area contributed by atoms with Gasteiger partial charge in [0.05, 0.1) is 30.0 Å². The first-order valence-electron chi connectivity index (χ1n) is 5.19. The lowest BCUT2D eigenvalue weighted by molar-refractivity contribution is 0.0433. The highest BCUT2D eigenvalue weighted by Crippen LogP contribution is 2.18. The monoisotopic (exact) mass is 287 g/mol. The van der Waals surface area contributed by atoms with Gasteiger partial charge in [0.2, 0.25) is 10.0 Å². The fourth-order valence-electron chi connectivity index (χ4n) is 1.50. The van der Waals surface area contributed by atoms with E-state index < -0.39 is 25.1 Å². The second kappa shape index (κ2) is 6.10. The highest BCUT2D eigenvalue weighted by Gasteiger charge is 2.32. The summed E-state index contributed by atoms with van der Waals surface area (Å²) in [5.41, 5.74) is 0. The van der Waals surface area contributed by atoms with Crippen molar-refractivity contribution in [1.29, 1.82) is 0 Å². The van der Waals surface area contributed by atoms with E-state index in [-0.39, 0.29) is 37.6 Å². The van der Waals surface area contributed by atoms with Crippen LogP contribution in [0.3, 0.4) is 0 Å². The Bertz CT molecular complexity index is 415. The summed E-state index contributed by atoms with van der Waals surface area (Å²) >= 11 is 0. The quantitative estimate of drug-likeness (QED) is 0.500. The molecule has 0 radical (unpaired) electrons. The first kappa shape index (κ1) is 14.8. The summed E-state index contributed by atoms with van der Waals surface area (Å²) in [5, 5.41) is -0.700. The van der Waals surface area contributed by atoms with Crippen molar-refractivity contribution in [2.45, 2.75) is 18.1 Å². The van der Waals surface area contributed by atoms with Crippen molar-refractivity contribution in [2.75, 3.05) is 31.8 Å². The summed E-state index contributed by atoms with van der Waals surface area (Å²) in [4.78, 5) is 6.72. The molecule has 9 heteroatoms. The lowest BCUT2D eigenvalue weighted by atomic mass is 10.2. The number of nitrogens with one attached hydrogen (secondary N) is 1. The molecule has 1 aliphatic rings. The molecule has 1 saturated heterocycles. The maximum Gasteiger partial charge on any atom is 0.236 e. The molecule has 1 fully saturated rings. The van der Waals surface area contributed by atoms with Crippen LogP contribution in [-0.4, -0.2) is 53.9 Å². The highest BCUT2D eigenvalue weighted by molar-refractivity contribution is 7.92. The molecule has 7 nitrogen and oxygen atoms in total. The van der Waals surface area contributed by atoms with Gasteiger partial charge >= 0.3 is 0 Å². The molecule has 0 aliphatic carbocycles. The molecule has 1 heterocycles. The lowest BCUT2D eigenvalue weighted by Crippen LogP contribution is -2.40. The second-order valence-electron chi connectivity index (χ2n) is 3.82. The molecular formula is C8H17NO6S2. The minimum Gasteiger partial charge on any atom is -0.382 e. The topological polar surface area (TPSA) is 98.8 Å². The van der Waals surface area contributed by atoms with E-state index in [1.54, 1.807) is 0 Å². The molecule has 1 N–H and O–H groups in total. The summed E-state index contributed by atoms with van der Waals surface area (Å²) in [5.74, 6) is -0.173. The largest absolute Gasteiger partial charge is 0.382 e. The molecule has 0 amide bonds. The van der Waals surface area contributed by atoms with E-state index in [0.717, 1.165) is 0 Å². The normalized spacial score (nSPS) is 21.5. The predicted octanol–water partition coefficient (Wildman–Crippen LogP) is -0.939. The van der Waals surface area contributed by atoms with E-state index >= 15 is 0 Å². The Morgan fingerprint density at radius 2 is 1.82 bits per heavy atom. The Labute approximate surface area is 101 Å². The van der Waals surface area contributed by atoms with Crippen LogP contribution in [-0.2, 0) is 29.4 Å². The Morgan fingerprint density at radius 1 is 1.24 bits per heavy atom. The first-order valence-corrected chi connectivity index (χ1v) is 8.56. The minimum absolute atomic E-state index is 0.0867. The van der Waals surface area contributed by atoms with E-state index in [0.29, 0.717) is 0 Å². The van der Waals surface area contributed by atoms with E-state index in [2.05, 4.69) is 0 Å². The number of rotatable bonds is 6. The Balaban J connectivity index is 2.43. The van der Waals surface area contributed by atoms with Crippen molar-refractivity contribution in [3.8, 4) is 0 Å². The SMILES string of the molecule is COCCONS(=O)(=O)C1CCS(=O)(=O)CC1. The van der Waals surface area contributed by atoms with Crippen LogP contribution in [0, 0.1) is 0 Å². The van der Waals surface area contributed by atoms with E-state index in [4.69, 9.17) is 9.57 Å². The van der Waals surface area contributed by atoms with Gasteiger partial charge in [0.15, 0.2) is 0 Å². The lowest BCUT2D eigenvalue weighted by Gasteiger charge is -2.21. The fraction of sp³-hybridized carbons (Fsp3) is 1.00. The van der Waals surface area contributed by atoms with Crippen LogP contribution >= 0.6 is 0 Å². The maximum absolute atomic E-state index is 11.7. The predicted molar refractivity (Wildman–Crippen MR) is 61.6 cm³/mol. The van der Waals surface area contributed by atoms with Gasteiger partial charge in [0.1, 0.15) is 9.84 Å². The molecule has 1 aliphatic heterocycles. The van der Waals surface area contributed by atoms with Crippen LogP contribution in [0.15, 0.2) is 0 Å². The van der Waals surface area contributed by atoms with Crippen LogP contribution in [0.4, 0.5) is 0 Å². The fourth-order valence-corrected chi connectivity index (χ4v) is 4.53. The molecule has 102 valence electrons. The van der Waals surface area contributed by atoms with Crippen LogP contribution < -0.4 is 4.89 Å². The number of methoxy groups -OCH3 is 1. The second-order valence-corrected chi connectivity index (χ2v) is 8.05. The van der Waals surface area contributed by atoms with Gasteiger partial charge in [0, 0.05) is 7.11 Å². The van der Waals surface area contributed by atoms with E-state index in [9.17, 15) is 16.8 Å². The van der Waals surface area contributed by atoms with Crippen LogP contribution in [0.25, 0.3) is 0 Å². The molecule has 0 spiro atoms. The molecule has 0 aromatic heterocycles. The molecule has 0 atom stereocenters. The molecule has 0 aromatic rings. The number of hydrogen-bond donors (Lipinski definition) is 1. The van der Waals surface area contributed by atoms with E-state index in [1.165, 1.54) is 7.11 Å².